The van der Waals surface area contributed by atoms with Gasteiger partial charge in [0.1, 0.15) is 0 Å². The number of nitrogens with two attached hydrogens (primary N) is 1. The first-order valence-electron chi connectivity index (χ1n) is 4.69. The van der Waals surface area contributed by atoms with Gasteiger partial charge >= 0.3 is 0 Å². The Kier molecular flexibility index (Phi) is 2.65. The van der Waals surface area contributed by atoms with E-state index in [4.69, 9.17) is 5.73 Å². The molecule has 1 aromatic carbocycles. The smallest absolute Gasteiger partial charge is 0.179 e. The molecule has 0 bridgehead atoms. The van der Waals surface area contributed by atoms with Gasteiger partial charge in [0.2, 0.25) is 0 Å². The number of fused-ring (bicyclic) bond motifs is 1. The predicted molar refractivity (Wildman–Crippen MR) is 62.3 cm³/mol. The molecule has 2 rings (SSSR count). The fraction of sp³-hybridized carbons (Fsp3) is 0.400. The highest BCUT2D eigenvalue weighted by Crippen LogP contribution is 2.35. The van der Waals surface area contributed by atoms with Crippen LogP contribution in [0.1, 0.15) is 18.5 Å². The molecule has 2 atom stereocenters. The van der Waals surface area contributed by atoms with Crippen LogP contribution in [0.2, 0.25) is 0 Å². The van der Waals surface area contributed by atoms with Crippen LogP contribution in [0.5, 0.6) is 0 Å². The fourth-order valence-corrected chi connectivity index (χ4v) is 4.20. The maximum absolute atomic E-state index is 11.9. The minimum atomic E-state index is -3.14. The Morgan fingerprint density at radius 1 is 1.47 bits per heavy atom. The highest BCUT2D eigenvalue weighted by atomic mass is 79.9. The molecular formula is C10H12BrNO2S. The van der Waals surface area contributed by atoms with E-state index in [-0.39, 0.29) is 17.7 Å². The van der Waals surface area contributed by atoms with E-state index < -0.39 is 9.84 Å². The monoisotopic (exact) mass is 289 g/mol. The number of halogens is 1. The average molecular weight is 290 g/mol. The summed E-state index contributed by atoms with van der Waals surface area (Å²) in [6.45, 7) is 1.87. The molecule has 82 valence electrons. The van der Waals surface area contributed by atoms with Crippen molar-refractivity contribution in [3.05, 3.63) is 28.2 Å². The second-order valence-corrected chi connectivity index (χ2v) is 6.88. The Balaban J connectivity index is 2.70. The molecular weight excluding hydrogens is 278 g/mol. The summed E-state index contributed by atoms with van der Waals surface area (Å²) in [5.41, 5.74) is 6.72. The molecule has 0 aliphatic carbocycles. The first-order chi connectivity index (χ1) is 6.92. The lowest BCUT2D eigenvalue weighted by atomic mass is 9.96. The van der Waals surface area contributed by atoms with Gasteiger partial charge in [0.05, 0.1) is 10.6 Å². The first-order valence-corrected chi connectivity index (χ1v) is 7.14. The van der Waals surface area contributed by atoms with Crippen LogP contribution >= 0.6 is 15.9 Å². The van der Waals surface area contributed by atoms with Crippen LogP contribution in [0.15, 0.2) is 27.6 Å². The lowest BCUT2D eigenvalue weighted by Crippen LogP contribution is -2.32. The maximum Gasteiger partial charge on any atom is 0.179 e. The number of hydrogen-bond donors (Lipinski definition) is 1. The summed E-state index contributed by atoms with van der Waals surface area (Å²) in [7, 11) is -3.14. The van der Waals surface area contributed by atoms with Crippen molar-refractivity contribution in [3.8, 4) is 0 Å². The molecule has 0 saturated carbocycles. The van der Waals surface area contributed by atoms with Gasteiger partial charge in [-0.1, -0.05) is 22.9 Å². The van der Waals surface area contributed by atoms with Crippen molar-refractivity contribution in [3.63, 3.8) is 0 Å². The molecule has 0 saturated heterocycles. The quantitative estimate of drug-likeness (QED) is 0.793. The number of sulfone groups is 1. The van der Waals surface area contributed by atoms with E-state index in [0.29, 0.717) is 4.90 Å². The van der Waals surface area contributed by atoms with Gasteiger partial charge in [0.15, 0.2) is 9.84 Å². The molecule has 1 aliphatic heterocycles. The van der Waals surface area contributed by atoms with Crippen LogP contribution in [0.4, 0.5) is 0 Å². The SMILES string of the molecule is CC1CS(=O)(=O)c2ccc(Br)cc2C1N. The number of benzene rings is 1. The zero-order valence-electron chi connectivity index (χ0n) is 8.27. The largest absolute Gasteiger partial charge is 0.324 e. The van der Waals surface area contributed by atoms with E-state index in [2.05, 4.69) is 15.9 Å². The Bertz CT molecular complexity index is 498. The van der Waals surface area contributed by atoms with Crippen LogP contribution in [0, 0.1) is 5.92 Å². The standard InChI is InChI=1S/C10H12BrNO2S/c1-6-5-15(13,14)9-3-2-7(11)4-8(9)10(6)12/h2-4,6,10H,5,12H2,1H3. The third-order valence-corrected chi connectivity index (χ3v) is 5.26. The summed E-state index contributed by atoms with van der Waals surface area (Å²) < 4.78 is 24.6. The van der Waals surface area contributed by atoms with E-state index in [0.717, 1.165) is 10.0 Å². The Morgan fingerprint density at radius 3 is 2.80 bits per heavy atom. The van der Waals surface area contributed by atoms with Crippen molar-refractivity contribution in [2.75, 3.05) is 5.75 Å². The van der Waals surface area contributed by atoms with Crippen molar-refractivity contribution in [1.29, 1.82) is 0 Å². The van der Waals surface area contributed by atoms with E-state index in [9.17, 15) is 8.42 Å². The topological polar surface area (TPSA) is 60.2 Å². The highest BCUT2D eigenvalue weighted by molar-refractivity contribution is 9.10. The molecule has 5 heteroatoms. The molecule has 2 N–H and O–H groups in total. The van der Waals surface area contributed by atoms with Crippen LogP contribution in [0.25, 0.3) is 0 Å². The van der Waals surface area contributed by atoms with E-state index in [1.807, 2.05) is 6.92 Å². The van der Waals surface area contributed by atoms with Crippen molar-refractivity contribution in [2.24, 2.45) is 11.7 Å². The van der Waals surface area contributed by atoms with Crippen LogP contribution < -0.4 is 5.73 Å². The Morgan fingerprint density at radius 2 is 2.13 bits per heavy atom. The summed E-state index contributed by atoms with van der Waals surface area (Å²) >= 11 is 3.32. The van der Waals surface area contributed by atoms with Crippen molar-refractivity contribution < 1.29 is 8.42 Å². The molecule has 0 spiro atoms. The number of hydrogen-bond acceptors (Lipinski definition) is 3. The van der Waals surface area contributed by atoms with Crippen molar-refractivity contribution >= 4 is 25.8 Å². The molecule has 3 nitrogen and oxygen atoms in total. The molecule has 0 amide bonds. The average Bonchev–Trinajstić information content (AvgIpc) is 2.13. The van der Waals surface area contributed by atoms with E-state index in [1.54, 1.807) is 18.2 Å². The van der Waals surface area contributed by atoms with Crippen molar-refractivity contribution in [2.45, 2.75) is 17.9 Å². The minimum Gasteiger partial charge on any atom is -0.324 e. The molecule has 0 aromatic heterocycles. The lowest BCUT2D eigenvalue weighted by molar-refractivity contribution is 0.478. The van der Waals surface area contributed by atoms with Gasteiger partial charge in [0, 0.05) is 10.5 Å². The van der Waals surface area contributed by atoms with E-state index >= 15 is 0 Å². The third-order valence-electron chi connectivity index (χ3n) is 2.76. The zero-order chi connectivity index (χ0) is 11.2. The van der Waals surface area contributed by atoms with E-state index in [1.165, 1.54) is 0 Å². The maximum atomic E-state index is 11.9. The minimum absolute atomic E-state index is 0.0307. The van der Waals surface area contributed by atoms with Gasteiger partial charge in [0.25, 0.3) is 0 Å². The second-order valence-electron chi connectivity index (χ2n) is 3.97. The summed E-state index contributed by atoms with van der Waals surface area (Å²) in [6.07, 6.45) is 0. The molecule has 15 heavy (non-hydrogen) atoms. The van der Waals surface area contributed by atoms with Gasteiger partial charge in [-0.05, 0) is 29.7 Å². The Hall–Kier alpha value is -0.390. The fourth-order valence-electron chi connectivity index (χ4n) is 1.91. The summed E-state index contributed by atoms with van der Waals surface area (Å²) in [5, 5.41) is 0. The lowest BCUT2D eigenvalue weighted by Gasteiger charge is -2.28. The zero-order valence-corrected chi connectivity index (χ0v) is 10.7. The van der Waals surface area contributed by atoms with Gasteiger partial charge in [-0.25, -0.2) is 8.42 Å². The van der Waals surface area contributed by atoms with Crippen LogP contribution in [0.3, 0.4) is 0 Å². The summed E-state index contributed by atoms with van der Waals surface area (Å²) in [6, 6.07) is 4.97. The normalized spacial score (nSPS) is 28.5. The van der Waals surface area contributed by atoms with Gasteiger partial charge < -0.3 is 5.73 Å². The molecule has 1 aromatic rings. The highest BCUT2D eigenvalue weighted by Gasteiger charge is 2.33. The molecule has 1 heterocycles. The predicted octanol–water partition coefficient (Wildman–Crippen LogP) is 1.87. The van der Waals surface area contributed by atoms with Gasteiger partial charge in [-0.3, -0.25) is 0 Å². The second kappa shape index (κ2) is 3.57. The summed E-state index contributed by atoms with van der Waals surface area (Å²) in [4.78, 5) is 0.385. The molecule has 1 aliphatic rings. The number of rotatable bonds is 0. The molecule has 0 radical (unpaired) electrons. The van der Waals surface area contributed by atoms with Gasteiger partial charge in [-0.2, -0.15) is 0 Å². The Labute approximate surface area is 97.7 Å². The van der Waals surface area contributed by atoms with Crippen LogP contribution in [-0.2, 0) is 9.84 Å². The first kappa shape index (κ1) is 11.1. The van der Waals surface area contributed by atoms with Gasteiger partial charge in [-0.15, -0.1) is 0 Å². The van der Waals surface area contributed by atoms with Crippen LogP contribution in [-0.4, -0.2) is 14.2 Å². The van der Waals surface area contributed by atoms with Crippen molar-refractivity contribution in [1.82, 2.24) is 0 Å². The third kappa shape index (κ3) is 1.84. The summed E-state index contributed by atoms with van der Waals surface area (Å²) in [5.74, 6) is 0.111. The molecule has 0 fully saturated rings. The molecule has 2 unspecified atom stereocenters.